The largest absolute Gasteiger partial charge is 0.391 e. The zero-order valence-corrected chi connectivity index (χ0v) is 20.0. The first-order chi connectivity index (χ1) is 17.4. The Morgan fingerprint density at radius 2 is 1.69 bits per heavy atom. The monoisotopic (exact) mass is 493 g/mol. The molecule has 1 aliphatic heterocycles. The van der Waals surface area contributed by atoms with E-state index >= 15 is 0 Å². The van der Waals surface area contributed by atoms with Crippen LogP contribution < -0.4 is 26.7 Å². The van der Waals surface area contributed by atoms with Gasteiger partial charge in [-0.15, -0.1) is 0 Å². The number of nitrogens with one attached hydrogen (secondary N) is 5. The van der Waals surface area contributed by atoms with Crippen LogP contribution in [0.4, 0.5) is 5.69 Å². The van der Waals surface area contributed by atoms with Crippen molar-refractivity contribution in [3.05, 3.63) is 65.2 Å². The van der Waals surface area contributed by atoms with Gasteiger partial charge < -0.3 is 26.4 Å². The summed E-state index contributed by atoms with van der Waals surface area (Å²) in [6.45, 7) is 3.49. The Hall–Kier alpha value is -3.75. The number of carbonyl (C=O) groups excluding carboxylic acids is 3. The second-order valence-electron chi connectivity index (χ2n) is 8.54. The van der Waals surface area contributed by atoms with E-state index in [9.17, 15) is 19.5 Å². The molecule has 0 saturated carbocycles. The number of carbonyl (C=O) groups is 3. The molecule has 3 atom stereocenters. The lowest BCUT2D eigenvalue weighted by Gasteiger charge is -2.23. The van der Waals surface area contributed by atoms with Gasteiger partial charge in [0, 0.05) is 35.0 Å². The number of amides is 3. The molecule has 3 unspecified atom stereocenters. The topological polar surface area (TPSA) is 152 Å². The van der Waals surface area contributed by atoms with Gasteiger partial charge in [-0.25, -0.2) is 5.48 Å². The third-order valence-corrected chi connectivity index (χ3v) is 5.68. The molecule has 3 rings (SSSR count). The second kappa shape index (κ2) is 13.4. The highest BCUT2D eigenvalue weighted by Crippen LogP contribution is 2.10. The molecule has 190 valence electrons. The Morgan fingerprint density at radius 1 is 1.06 bits per heavy atom. The van der Waals surface area contributed by atoms with Gasteiger partial charge in [-0.05, 0) is 74.8 Å². The van der Waals surface area contributed by atoms with E-state index in [0.717, 1.165) is 31.5 Å². The van der Waals surface area contributed by atoms with Gasteiger partial charge in [-0.1, -0.05) is 11.8 Å². The Balaban J connectivity index is 1.51. The first-order valence-corrected chi connectivity index (χ1v) is 11.7. The van der Waals surface area contributed by atoms with Crippen LogP contribution >= 0.6 is 0 Å². The molecule has 2 aromatic rings. The van der Waals surface area contributed by atoms with Crippen molar-refractivity contribution in [1.29, 1.82) is 0 Å². The molecular weight excluding hydrogens is 462 g/mol. The predicted molar refractivity (Wildman–Crippen MR) is 134 cm³/mol. The summed E-state index contributed by atoms with van der Waals surface area (Å²) in [6, 6.07) is 12.6. The van der Waals surface area contributed by atoms with Crippen LogP contribution in [0.25, 0.3) is 0 Å². The number of aliphatic hydroxyl groups is 1. The molecule has 0 radical (unpaired) electrons. The lowest BCUT2D eigenvalue weighted by Crippen LogP contribution is -2.51. The third kappa shape index (κ3) is 8.18. The van der Waals surface area contributed by atoms with Crippen molar-refractivity contribution in [3.8, 4) is 11.8 Å². The standard InChI is InChI=1S/C26H31N5O5/c1-17(32)24(26(35)31-36)30-25(34)20-10-6-18(7-11-20)4-5-19-8-12-21(13-9-19)29-23(33)16-28-22-3-2-14-27-15-22/h6-13,17,22,24,27-28,32,36H,2-3,14-16H2,1H3,(H,29,33)(H,30,34)(H,31,35). The molecule has 36 heavy (non-hydrogen) atoms. The van der Waals surface area contributed by atoms with Crippen LogP contribution in [-0.4, -0.2) is 65.9 Å². The van der Waals surface area contributed by atoms with E-state index in [-0.39, 0.29) is 18.0 Å². The highest BCUT2D eigenvalue weighted by atomic mass is 16.5. The summed E-state index contributed by atoms with van der Waals surface area (Å²) in [5.74, 6) is 4.45. The van der Waals surface area contributed by atoms with Crippen molar-refractivity contribution in [3.63, 3.8) is 0 Å². The van der Waals surface area contributed by atoms with Crippen LogP contribution in [0.2, 0.25) is 0 Å². The number of anilines is 1. The highest BCUT2D eigenvalue weighted by molar-refractivity contribution is 5.97. The minimum absolute atomic E-state index is 0.0970. The van der Waals surface area contributed by atoms with Gasteiger partial charge in [0.15, 0.2) is 0 Å². The normalized spacial score (nSPS) is 16.6. The number of rotatable bonds is 8. The molecule has 2 aromatic carbocycles. The zero-order valence-electron chi connectivity index (χ0n) is 20.0. The Labute approximate surface area is 209 Å². The lowest BCUT2D eigenvalue weighted by atomic mass is 10.1. The maximum Gasteiger partial charge on any atom is 0.268 e. The zero-order chi connectivity index (χ0) is 25.9. The smallest absolute Gasteiger partial charge is 0.268 e. The average molecular weight is 494 g/mol. The summed E-state index contributed by atoms with van der Waals surface area (Å²) in [5.41, 5.74) is 3.81. The number of hydrogen-bond donors (Lipinski definition) is 7. The molecule has 3 amide bonds. The van der Waals surface area contributed by atoms with Gasteiger partial charge in [0.1, 0.15) is 6.04 Å². The van der Waals surface area contributed by atoms with E-state index in [4.69, 9.17) is 5.21 Å². The Bertz CT molecular complexity index is 1100. The van der Waals surface area contributed by atoms with Gasteiger partial charge in [0.2, 0.25) is 5.91 Å². The molecule has 1 heterocycles. The molecule has 1 aliphatic rings. The van der Waals surface area contributed by atoms with Gasteiger partial charge in [0.05, 0.1) is 12.6 Å². The van der Waals surface area contributed by atoms with Gasteiger partial charge in [-0.3, -0.25) is 19.6 Å². The molecule has 0 spiro atoms. The van der Waals surface area contributed by atoms with Crippen molar-refractivity contribution in [2.45, 2.75) is 38.0 Å². The van der Waals surface area contributed by atoms with Gasteiger partial charge >= 0.3 is 0 Å². The number of benzene rings is 2. The third-order valence-electron chi connectivity index (χ3n) is 5.68. The molecule has 10 heteroatoms. The fourth-order valence-corrected chi connectivity index (χ4v) is 3.65. The predicted octanol–water partition coefficient (Wildman–Crippen LogP) is 0.351. The molecule has 0 bridgehead atoms. The summed E-state index contributed by atoms with van der Waals surface area (Å²) in [5, 5.41) is 30.2. The summed E-state index contributed by atoms with van der Waals surface area (Å²) < 4.78 is 0. The maximum atomic E-state index is 12.3. The average Bonchev–Trinajstić information content (AvgIpc) is 2.90. The van der Waals surface area contributed by atoms with Crippen LogP contribution in [0.1, 0.15) is 41.3 Å². The van der Waals surface area contributed by atoms with E-state index in [0.29, 0.717) is 17.3 Å². The van der Waals surface area contributed by atoms with Crippen molar-refractivity contribution in [2.24, 2.45) is 0 Å². The van der Waals surface area contributed by atoms with Crippen molar-refractivity contribution < 1.29 is 24.7 Å². The number of aliphatic hydroxyl groups excluding tert-OH is 1. The van der Waals surface area contributed by atoms with Crippen molar-refractivity contribution in [2.75, 3.05) is 25.0 Å². The van der Waals surface area contributed by atoms with Crippen LogP contribution in [-0.2, 0) is 9.59 Å². The summed E-state index contributed by atoms with van der Waals surface area (Å²) in [7, 11) is 0. The Kier molecular flexibility index (Phi) is 9.97. The fourth-order valence-electron chi connectivity index (χ4n) is 3.65. The first kappa shape index (κ1) is 26.8. The van der Waals surface area contributed by atoms with Crippen LogP contribution in [0.15, 0.2) is 48.5 Å². The van der Waals surface area contributed by atoms with Crippen LogP contribution in [0.5, 0.6) is 0 Å². The second-order valence-corrected chi connectivity index (χ2v) is 8.54. The van der Waals surface area contributed by atoms with E-state index in [1.54, 1.807) is 36.4 Å². The van der Waals surface area contributed by atoms with E-state index in [1.165, 1.54) is 12.4 Å². The molecule has 0 aliphatic carbocycles. The maximum absolute atomic E-state index is 12.3. The quantitative estimate of drug-likeness (QED) is 0.159. The van der Waals surface area contributed by atoms with Gasteiger partial charge in [-0.2, -0.15) is 0 Å². The SMILES string of the molecule is CC(O)C(NC(=O)c1ccc(C#Cc2ccc(NC(=O)CNC3CCCNC3)cc2)cc1)C(=O)NO. The molecule has 0 aromatic heterocycles. The molecule has 1 saturated heterocycles. The fraction of sp³-hybridized carbons (Fsp3) is 0.346. The number of piperidine rings is 1. The summed E-state index contributed by atoms with van der Waals surface area (Å²) in [4.78, 5) is 36.1. The Morgan fingerprint density at radius 3 is 2.25 bits per heavy atom. The summed E-state index contributed by atoms with van der Waals surface area (Å²) >= 11 is 0. The van der Waals surface area contributed by atoms with E-state index in [1.807, 2.05) is 12.1 Å². The molecule has 7 N–H and O–H groups in total. The molecular formula is C26H31N5O5. The minimum atomic E-state index is -1.29. The van der Waals surface area contributed by atoms with Gasteiger partial charge in [0.25, 0.3) is 11.8 Å². The van der Waals surface area contributed by atoms with Crippen LogP contribution in [0.3, 0.4) is 0 Å². The number of hydroxylamine groups is 1. The van der Waals surface area contributed by atoms with Crippen LogP contribution in [0, 0.1) is 11.8 Å². The summed E-state index contributed by atoms with van der Waals surface area (Å²) in [6.07, 6.45) is 0.981. The lowest BCUT2D eigenvalue weighted by molar-refractivity contribution is -0.133. The molecule has 1 fully saturated rings. The van der Waals surface area contributed by atoms with Crippen molar-refractivity contribution in [1.82, 2.24) is 21.4 Å². The highest BCUT2D eigenvalue weighted by Gasteiger charge is 2.25. The van der Waals surface area contributed by atoms with Crippen molar-refractivity contribution >= 4 is 23.4 Å². The number of hydrogen-bond acceptors (Lipinski definition) is 7. The first-order valence-electron chi connectivity index (χ1n) is 11.7. The minimum Gasteiger partial charge on any atom is -0.391 e. The van der Waals surface area contributed by atoms with E-state index in [2.05, 4.69) is 33.1 Å². The molecule has 10 nitrogen and oxygen atoms in total. The van der Waals surface area contributed by atoms with E-state index < -0.39 is 24.0 Å².